The molecule has 34 heavy (non-hydrogen) atoms. The number of nitrogens with zero attached hydrogens (tertiary/aromatic N) is 1. The van der Waals surface area contributed by atoms with Crippen LogP contribution < -0.4 is 14.4 Å². The van der Waals surface area contributed by atoms with E-state index < -0.39 is 15.9 Å². The molecule has 0 aromatic heterocycles. The minimum absolute atomic E-state index is 0.0273. The molecule has 0 spiro atoms. The molecule has 0 aliphatic carbocycles. The van der Waals surface area contributed by atoms with Gasteiger partial charge in [0.2, 0.25) is 5.91 Å². The third-order valence-electron chi connectivity index (χ3n) is 5.55. The number of carbonyl (C=O) groups is 1. The van der Waals surface area contributed by atoms with E-state index in [1.165, 1.54) is 0 Å². The van der Waals surface area contributed by atoms with Gasteiger partial charge in [-0.3, -0.25) is 9.10 Å². The first-order valence-corrected chi connectivity index (χ1v) is 12.7. The Balaban J connectivity index is 1.56. The summed E-state index contributed by atoms with van der Waals surface area (Å²) in [5.74, 6) is 0.842. The highest BCUT2D eigenvalue weighted by Gasteiger charge is 2.28. The van der Waals surface area contributed by atoms with Crippen LogP contribution in [0, 0.1) is 6.92 Å². The summed E-state index contributed by atoms with van der Waals surface area (Å²) in [5.41, 5.74) is 1.32. The van der Waals surface area contributed by atoms with E-state index in [1.54, 1.807) is 48.5 Å². The fourth-order valence-electron chi connectivity index (χ4n) is 3.68. The van der Waals surface area contributed by atoms with Gasteiger partial charge in [0.15, 0.2) is 0 Å². The molecule has 1 aliphatic heterocycles. The van der Waals surface area contributed by atoms with E-state index in [0.29, 0.717) is 30.3 Å². The summed E-state index contributed by atoms with van der Waals surface area (Å²) >= 11 is 0. The first-order valence-electron chi connectivity index (χ1n) is 11.2. The van der Waals surface area contributed by atoms with E-state index in [1.807, 2.05) is 37.3 Å². The number of aryl methyl sites for hydroxylation is 1. The number of amides is 1. The summed E-state index contributed by atoms with van der Waals surface area (Å²) < 4.78 is 39.5. The summed E-state index contributed by atoms with van der Waals surface area (Å²) in [6, 6.07) is 22.5. The van der Waals surface area contributed by atoms with Gasteiger partial charge in [0.05, 0.1) is 16.7 Å². The lowest BCUT2D eigenvalue weighted by Gasteiger charge is -2.24. The Morgan fingerprint density at radius 3 is 2.32 bits per heavy atom. The number of rotatable bonds is 9. The second-order valence-electron chi connectivity index (χ2n) is 8.17. The molecule has 7 nitrogen and oxygen atoms in total. The van der Waals surface area contributed by atoms with Crippen molar-refractivity contribution in [1.29, 1.82) is 0 Å². The molecule has 0 bridgehead atoms. The molecule has 0 unspecified atom stereocenters. The molecular weight excluding hydrogens is 452 g/mol. The normalized spacial score (nSPS) is 15.6. The van der Waals surface area contributed by atoms with Gasteiger partial charge in [-0.15, -0.1) is 0 Å². The Morgan fingerprint density at radius 2 is 1.68 bits per heavy atom. The van der Waals surface area contributed by atoms with E-state index in [2.05, 4.69) is 5.32 Å². The van der Waals surface area contributed by atoms with Crippen LogP contribution in [-0.4, -0.2) is 40.1 Å². The number of ether oxygens (including phenoxy) is 2. The molecule has 8 heteroatoms. The molecule has 0 radical (unpaired) electrons. The van der Waals surface area contributed by atoms with Gasteiger partial charge in [0.25, 0.3) is 10.0 Å². The van der Waals surface area contributed by atoms with Gasteiger partial charge >= 0.3 is 0 Å². The zero-order chi connectivity index (χ0) is 24.0. The number of para-hydroxylation sites is 1. The largest absolute Gasteiger partial charge is 0.457 e. The minimum Gasteiger partial charge on any atom is -0.457 e. The topological polar surface area (TPSA) is 84.9 Å². The number of benzene rings is 3. The van der Waals surface area contributed by atoms with Gasteiger partial charge in [-0.25, -0.2) is 8.42 Å². The fraction of sp³-hybridized carbons (Fsp3) is 0.269. The predicted molar refractivity (Wildman–Crippen MR) is 131 cm³/mol. The minimum atomic E-state index is -3.97. The molecule has 1 saturated heterocycles. The van der Waals surface area contributed by atoms with Crippen molar-refractivity contribution in [2.75, 3.05) is 24.0 Å². The predicted octanol–water partition coefficient (Wildman–Crippen LogP) is 4.28. The first-order chi connectivity index (χ1) is 16.4. The van der Waals surface area contributed by atoms with Crippen LogP contribution in [0.4, 0.5) is 5.69 Å². The van der Waals surface area contributed by atoms with Crippen LogP contribution in [0.15, 0.2) is 83.8 Å². The van der Waals surface area contributed by atoms with Crippen molar-refractivity contribution in [2.24, 2.45) is 0 Å². The molecule has 1 N–H and O–H groups in total. The summed E-state index contributed by atoms with van der Waals surface area (Å²) in [5, 5.41) is 2.81. The van der Waals surface area contributed by atoms with Crippen LogP contribution in [0.1, 0.15) is 18.4 Å². The van der Waals surface area contributed by atoms with E-state index in [4.69, 9.17) is 9.47 Å². The maximum absolute atomic E-state index is 13.5. The number of anilines is 1. The van der Waals surface area contributed by atoms with Crippen LogP contribution in [0.2, 0.25) is 0 Å². The maximum Gasteiger partial charge on any atom is 0.264 e. The van der Waals surface area contributed by atoms with Crippen molar-refractivity contribution in [3.8, 4) is 11.5 Å². The average Bonchev–Trinajstić information content (AvgIpc) is 3.37. The van der Waals surface area contributed by atoms with E-state index >= 15 is 0 Å². The van der Waals surface area contributed by atoms with Crippen molar-refractivity contribution in [2.45, 2.75) is 30.8 Å². The average molecular weight is 481 g/mol. The van der Waals surface area contributed by atoms with Crippen molar-refractivity contribution in [1.82, 2.24) is 5.32 Å². The molecule has 3 aromatic carbocycles. The van der Waals surface area contributed by atoms with Gasteiger partial charge in [-0.05, 0) is 68.3 Å². The second kappa shape index (κ2) is 10.7. The highest BCUT2D eigenvalue weighted by molar-refractivity contribution is 7.92. The maximum atomic E-state index is 13.5. The zero-order valence-corrected chi connectivity index (χ0v) is 19.8. The molecule has 1 aliphatic rings. The highest BCUT2D eigenvalue weighted by atomic mass is 32.2. The summed E-state index contributed by atoms with van der Waals surface area (Å²) in [7, 11) is -3.97. The standard InChI is InChI=1S/C26H28N2O5S/c1-20-9-15-25(16-10-20)34(30,31)28(19-26(29)27-18-24-8-5-17-32-24)21-11-13-23(14-12-21)33-22-6-3-2-4-7-22/h2-4,6-7,9-16,24H,5,8,17-19H2,1H3,(H,27,29)/t24-/m0/s1. The Labute approximate surface area is 200 Å². The molecule has 1 amide bonds. The number of hydrogen-bond acceptors (Lipinski definition) is 5. The number of carbonyl (C=O) groups excluding carboxylic acids is 1. The van der Waals surface area contributed by atoms with Crippen molar-refractivity contribution < 1.29 is 22.7 Å². The molecule has 1 heterocycles. The second-order valence-corrected chi connectivity index (χ2v) is 10.0. The van der Waals surface area contributed by atoms with E-state index in [-0.39, 0.29) is 17.5 Å². The van der Waals surface area contributed by atoms with Gasteiger partial charge in [-0.2, -0.15) is 0 Å². The van der Waals surface area contributed by atoms with Crippen molar-refractivity contribution in [3.63, 3.8) is 0 Å². The van der Waals surface area contributed by atoms with Crippen LogP contribution in [0.25, 0.3) is 0 Å². The van der Waals surface area contributed by atoms with Gasteiger partial charge in [0, 0.05) is 13.2 Å². The number of sulfonamides is 1. The number of hydrogen-bond donors (Lipinski definition) is 1. The van der Waals surface area contributed by atoms with Crippen molar-refractivity contribution >= 4 is 21.6 Å². The Hall–Kier alpha value is -3.36. The summed E-state index contributed by atoms with van der Waals surface area (Å²) in [6.07, 6.45) is 1.82. The van der Waals surface area contributed by atoms with E-state index in [0.717, 1.165) is 22.7 Å². The summed E-state index contributed by atoms with van der Waals surface area (Å²) in [4.78, 5) is 12.8. The van der Waals surface area contributed by atoms with Crippen molar-refractivity contribution in [3.05, 3.63) is 84.4 Å². The zero-order valence-electron chi connectivity index (χ0n) is 19.0. The highest BCUT2D eigenvalue weighted by Crippen LogP contribution is 2.28. The lowest BCUT2D eigenvalue weighted by Crippen LogP contribution is -2.42. The molecule has 3 aromatic rings. The monoisotopic (exact) mass is 480 g/mol. The number of nitrogens with one attached hydrogen (secondary N) is 1. The smallest absolute Gasteiger partial charge is 0.264 e. The quantitative estimate of drug-likeness (QED) is 0.494. The molecular formula is C26H28N2O5S. The molecule has 1 atom stereocenters. The van der Waals surface area contributed by atoms with Crippen LogP contribution >= 0.6 is 0 Å². The lowest BCUT2D eigenvalue weighted by atomic mass is 10.2. The van der Waals surface area contributed by atoms with Crippen LogP contribution in [0.3, 0.4) is 0 Å². The Bertz CT molecular complexity index is 1190. The van der Waals surface area contributed by atoms with Gasteiger partial charge in [-0.1, -0.05) is 35.9 Å². The molecule has 4 rings (SSSR count). The third kappa shape index (κ3) is 5.95. The van der Waals surface area contributed by atoms with Gasteiger partial charge < -0.3 is 14.8 Å². The molecule has 1 fully saturated rings. The SMILES string of the molecule is Cc1ccc(S(=O)(=O)N(CC(=O)NC[C@@H]2CCCO2)c2ccc(Oc3ccccc3)cc2)cc1. The van der Waals surface area contributed by atoms with E-state index in [9.17, 15) is 13.2 Å². The van der Waals surface area contributed by atoms with Gasteiger partial charge in [0.1, 0.15) is 18.0 Å². The Kier molecular flexibility index (Phi) is 7.49. The molecule has 178 valence electrons. The van der Waals surface area contributed by atoms with Crippen LogP contribution in [-0.2, 0) is 19.6 Å². The van der Waals surface area contributed by atoms with Crippen LogP contribution in [0.5, 0.6) is 11.5 Å². The summed E-state index contributed by atoms with van der Waals surface area (Å²) in [6.45, 7) is 2.59. The third-order valence-corrected chi connectivity index (χ3v) is 7.34. The fourth-order valence-corrected chi connectivity index (χ4v) is 5.10. The molecule has 0 saturated carbocycles. The lowest BCUT2D eigenvalue weighted by molar-refractivity contribution is -0.120. The first kappa shape index (κ1) is 23.8. The Morgan fingerprint density at radius 1 is 1.00 bits per heavy atom.